The first-order valence-corrected chi connectivity index (χ1v) is 7.68. The van der Waals surface area contributed by atoms with E-state index in [1.54, 1.807) is 6.26 Å². The highest BCUT2D eigenvalue weighted by atomic mass is 32.2. The monoisotopic (exact) mass is 266 g/mol. The third-order valence-corrected chi connectivity index (χ3v) is 4.81. The fourth-order valence-corrected chi connectivity index (χ4v) is 3.64. The van der Waals surface area contributed by atoms with Gasteiger partial charge in [-0.25, -0.2) is 0 Å². The summed E-state index contributed by atoms with van der Waals surface area (Å²) in [6, 6.07) is 3.94. The van der Waals surface area contributed by atoms with Gasteiger partial charge < -0.3 is 9.73 Å². The fraction of sp³-hybridized carbons (Fsp3) is 0.643. The molecule has 2 heterocycles. The van der Waals surface area contributed by atoms with Gasteiger partial charge in [0.05, 0.1) is 12.8 Å². The van der Waals surface area contributed by atoms with Gasteiger partial charge in [0, 0.05) is 18.2 Å². The van der Waals surface area contributed by atoms with Crippen LogP contribution in [0.4, 0.5) is 0 Å². The quantitative estimate of drug-likeness (QED) is 0.858. The van der Waals surface area contributed by atoms with Crippen molar-refractivity contribution >= 4 is 16.9 Å². The molecule has 1 aliphatic rings. The SMILES string of the molecule is CCC(CC)C1CN=C(NCCc2ccco2)S1. The van der Waals surface area contributed by atoms with Crippen molar-refractivity contribution in [2.24, 2.45) is 10.9 Å². The average molecular weight is 266 g/mol. The Labute approximate surface area is 113 Å². The minimum Gasteiger partial charge on any atom is -0.469 e. The smallest absolute Gasteiger partial charge is 0.156 e. The van der Waals surface area contributed by atoms with Gasteiger partial charge in [-0.15, -0.1) is 0 Å². The molecule has 0 spiro atoms. The van der Waals surface area contributed by atoms with E-state index in [-0.39, 0.29) is 0 Å². The Balaban J connectivity index is 1.69. The maximum Gasteiger partial charge on any atom is 0.156 e. The minimum absolute atomic E-state index is 0.672. The molecule has 0 aromatic carbocycles. The Kier molecular flexibility index (Phi) is 5.17. The van der Waals surface area contributed by atoms with Gasteiger partial charge >= 0.3 is 0 Å². The normalized spacial score (nSPS) is 19.3. The van der Waals surface area contributed by atoms with Crippen molar-refractivity contribution in [3.8, 4) is 0 Å². The largest absolute Gasteiger partial charge is 0.469 e. The zero-order valence-electron chi connectivity index (χ0n) is 11.2. The Bertz CT molecular complexity index is 371. The number of rotatable bonds is 6. The lowest BCUT2D eigenvalue weighted by atomic mass is 9.99. The molecule has 1 unspecified atom stereocenters. The summed E-state index contributed by atoms with van der Waals surface area (Å²) in [5.74, 6) is 1.82. The van der Waals surface area contributed by atoms with Crippen molar-refractivity contribution in [2.75, 3.05) is 13.1 Å². The lowest BCUT2D eigenvalue weighted by molar-refractivity contribution is 0.479. The van der Waals surface area contributed by atoms with Crippen LogP contribution in [0.2, 0.25) is 0 Å². The molecule has 0 saturated carbocycles. The maximum absolute atomic E-state index is 5.31. The van der Waals surface area contributed by atoms with Crippen molar-refractivity contribution < 1.29 is 4.42 Å². The van der Waals surface area contributed by atoms with Gasteiger partial charge in [-0.3, -0.25) is 4.99 Å². The highest BCUT2D eigenvalue weighted by Crippen LogP contribution is 2.30. The molecule has 4 heteroatoms. The van der Waals surface area contributed by atoms with E-state index in [1.807, 2.05) is 23.9 Å². The topological polar surface area (TPSA) is 37.5 Å². The molecule has 1 aromatic rings. The van der Waals surface area contributed by atoms with Crippen LogP contribution in [0.1, 0.15) is 32.4 Å². The molecule has 0 fully saturated rings. The number of hydrogen-bond donors (Lipinski definition) is 1. The summed E-state index contributed by atoms with van der Waals surface area (Å²) < 4.78 is 5.31. The van der Waals surface area contributed by atoms with Gasteiger partial charge in [-0.1, -0.05) is 38.5 Å². The second kappa shape index (κ2) is 6.88. The van der Waals surface area contributed by atoms with Crippen LogP contribution in [0.3, 0.4) is 0 Å². The predicted molar refractivity (Wildman–Crippen MR) is 78.2 cm³/mol. The number of furan rings is 1. The average Bonchev–Trinajstić information content (AvgIpc) is 3.03. The highest BCUT2D eigenvalue weighted by molar-refractivity contribution is 8.14. The minimum atomic E-state index is 0.672. The molecule has 1 N–H and O–H groups in total. The maximum atomic E-state index is 5.31. The number of aliphatic imine (C=N–C) groups is 1. The number of nitrogens with one attached hydrogen (secondary N) is 1. The first-order chi connectivity index (χ1) is 8.83. The van der Waals surface area contributed by atoms with Crippen LogP contribution in [-0.2, 0) is 6.42 Å². The first kappa shape index (κ1) is 13.5. The van der Waals surface area contributed by atoms with E-state index in [4.69, 9.17) is 4.42 Å². The van der Waals surface area contributed by atoms with Gasteiger partial charge in [0.1, 0.15) is 5.76 Å². The van der Waals surface area contributed by atoms with E-state index in [0.29, 0.717) is 5.25 Å². The number of amidine groups is 1. The number of thioether (sulfide) groups is 1. The summed E-state index contributed by atoms with van der Waals surface area (Å²) in [7, 11) is 0. The Morgan fingerprint density at radius 1 is 1.50 bits per heavy atom. The van der Waals surface area contributed by atoms with Crippen molar-refractivity contribution in [3.63, 3.8) is 0 Å². The molecule has 3 nitrogen and oxygen atoms in total. The molecule has 1 aromatic heterocycles. The van der Waals surface area contributed by atoms with Gasteiger partial charge in [0.25, 0.3) is 0 Å². The van der Waals surface area contributed by atoms with Crippen molar-refractivity contribution in [3.05, 3.63) is 24.2 Å². The molecule has 2 rings (SSSR count). The summed E-state index contributed by atoms with van der Waals surface area (Å²) in [5.41, 5.74) is 0. The summed E-state index contributed by atoms with van der Waals surface area (Å²) in [6.45, 7) is 6.42. The Morgan fingerprint density at radius 3 is 3.00 bits per heavy atom. The summed E-state index contributed by atoms with van der Waals surface area (Å²) in [5, 5.41) is 5.19. The summed E-state index contributed by atoms with van der Waals surface area (Å²) >= 11 is 1.91. The van der Waals surface area contributed by atoms with Gasteiger partial charge in [-0.2, -0.15) is 0 Å². The zero-order chi connectivity index (χ0) is 12.8. The van der Waals surface area contributed by atoms with Crippen LogP contribution in [0.5, 0.6) is 0 Å². The highest BCUT2D eigenvalue weighted by Gasteiger charge is 2.25. The molecule has 18 heavy (non-hydrogen) atoms. The van der Waals surface area contributed by atoms with E-state index in [0.717, 1.165) is 36.4 Å². The molecule has 0 amide bonds. The van der Waals surface area contributed by atoms with Crippen molar-refractivity contribution in [2.45, 2.75) is 38.4 Å². The molecule has 0 radical (unpaired) electrons. The molecular weight excluding hydrogens is 244 g/mol. The van der Waals surface area contributed by atoms with Crippen LogP contribution in [0.15, 0.2) is 27.8 Å². The van der Waals surface area contributed by atoms with E-state index >= 15 is 0 Å². The van der Waals surface area contributed by atoms with E-state index in [9.17, 15) is 0 Å². The van der Waals surface area contributed by atoms with Crippen molar-refractivity contribution in [1.82, 2.24) is 5.32 Å². The molecule has 0 aliphatic carbocycles. The third-order valence-electron chi connectivity index (χ3n) is 3.48. The zero-order valence-corrected chi connectivity index (χ0v) is 12.0. The van der Waals surface area contributed by atoms with E-state index < -0.39 is 0 Å². The van der Waals surface area contributed by atoms with Gasteiger partial charge in [0.2, 0.25) is 0 Å². The van der Waals surface area contributed by atoms with Gasteiger partial charge in [0.15, 0.2) is 5.17 Å². The second-order valence-corrected chi connectivity index (χ2v) is 5.86. The van der Waals surface area contributed by atoms with E-state index in [2.05, 4.69) is 24.2 Å². The molecular formula is C14H22N2OS. The van der Waals surface area contributed by atoms with Crippen LogP contribution >= 0.6 is 11.8 Å². The van der Waals surface area contributed by atoms with Crippen LogP contribution < -0.4 is 5.32 Å². The molecule has 0 saturated heterocycles. The fourth-order valence-electron chi connectivity index (χ4n) is 2.30. The van der Waals surface area contributed by atoms with Crippen molar-refractivity contribution in [1.29, 1.82) is 0 Å². The number of nitrogens with zero attached hydrogens (tertiary/aromatic N) is 1. The van der Waals surface area contributed by atoms with Crippen LogP contribution in [0.25, 0.3) is 0 Å². The van der Waals surface area contributed by atoms with E-state index in [1.165, 1.54) is 12.8 Å². The lowest BCUT2D eigenvalue weighted by Gasteiger charge is -2.18. The van der Waals surface area contributed by atoms with Crippen LogP contribution in [-0.4, -0.2) is 23.5 Å². The summed E-state index contributed by atoms with van der Waals surface area (Å²) in [4.78, 5) is 4.59. The molecule has 0 bridgehead atoms. The Hall–Kier alpha value is -0.900. The number of hydrogen-bond acceptors (Lipinski definition) is 4. The lowest BCUT2D eigenvalue weighted by Crippen LogP contribution is -2.23. The third kappa shape index (κ3) is 3.55. The molecule has 100 valence electrons. The van der Waals surface area contributed by atoms with Crippen LogP contribution in [0, 0.1) is 5.92 Å². The van der Waals surface area contributed by atoms with Gasteiger partial charge in [-0.05, 0) is 18.1 Å². The molecule has 1 atom stereocenters. The standard InChI is InChI=1S/C14H22N2OS/c1-3-11(4-2)13-10-16-14(18-13)15-8-7-12-6-5-9-17-12/h5-6,9,11,13H,3-4,7-8,10H2,1-2H3,(H,15,16). The molecule has 1 aliphatic heterocycles. The second-order valence-electron chi connectivity index (χ2n) is 4.63. The summed E-state index contributed by atoms with van der Waals surface area (Å²) in [6.07, 6.45) is 5.15. The predicted octanol–water partition coefficient (Wildman–Crippen LogP) is 3.32. The first-order valence-electron chi connectivity index (χ1n) is 6.80. The Morgan fingerprint density at radius 2 is 2.33 bits per heavy atom.